The van der Waals surface area contributed by atoms with E-state index in [1.165, 1.54) is 32.1 Å². The summed E-state index contributed by atoms with van der Waals surface area (Å²) >= 11 is 0. The van der Waals surface area contributed by atoms with E-state index in [9.17, 15) is 0 Å². The molecule has 0 aliphatic heterocycles. The van der Waals surface area contributed by atoms with E-state index >= 15 is 0 Å². The molecular formula is C13H26. The van der Waals surface area contributed by atoms with Crippen molar-refractivity contribution in [3.05, 3.63) is 0 Å². The van der Waals surface area contributed by atoms with Gasteiger partial charge in [0, 0.05) is 0 Å². The van der Waals surface area contributed by atoms with Crippen molar-refractivity contribution >= 4 is 0 Å². The molecule has 0 radical (unpaired) electrons. The molecule has 13 heavy (non-hydrogen) atoms. The first kappa shape index (κ1) is 11.1. The lowest BCUT2D eigenvalue weighted by atomic mass is 9.67. The Morgan fingerprint density at radius 2 is 1.77 bits per heavy atom. The zero-order chi connectivity index (χ0) is 9.84. The van der Waals surface area contributed by atoms with Crippen LogP contribution in [-0.2, 0) is 0 Å². The molecule has 1 rings (SSSR count). The second-order valence-corrected chi connectivity index (χ2v) is 5.43. The van der Waals surface area contributed by atoms with Crippen molar-refractivity contribution in [2.24, 2.45) is 23.7 Å². The van der Waals surface area contributed by atoms with E-state index in [4.69, 9.17) is 0 Å². The van der Waals surface area contributed by atoms with Crippen molar-refractivity contribution in [3.63, 3.8) is 0 Å². The van der Waals surface area contributed by atoms with Gasteiger partial charge in [0.05, 0.1) is 0 Å². The van der Waals surface area contributed by atoms with Gasteiger partial charge in [-0.2, -0.15) is 0 Å². The van der Waals surface area contributed by atoms with Crippen LogP contribution in [0.4, 0.5) is 0 Å². The van der Waals surface area contributed by atoms with E-state index in [-0.39, 0.29) is 0 Å². The minimum atomic E-state index is 0.930. The lowest BCUT2D eigenvalue weighted by Gasteiger charge is -2.38. The molecule has 0 spiro atoms. The van der Waals surface area contributed by atoms with Crippen LogP contribution < -0.4 is 0 Å². The van der Waals surface area contributed by atoms with Gasteiger partial charge in [-0.05, 0) is 36.5 Å². The van der Waals surface area contributed by atoms with Crippen LogP contribution in [0.15, 0.2) is 0 Å². The molecule has 0 heterocycles. The Hall–Kier alpha value is 0. The van der Waals surface area contributed by atoms with Gasteiger partial charge in [-0.3, -0.25) is 0 Å². The predicted molar refractivity (Wildman–Crippen MR) is 59.7 cm³/mol. The lowest BCUT2D eigenvalue weighted by Crippen LogP contribution is -2.27. The van der Waals surface area contributed by atoms with Crippen molar-refractivity contribution in [2.75, 3.05) is 0 Å². The van der Waals surface area contributed by atoms with Crippen LogP contribution in [0.1, 0.15) is 59.8 Å². The van der Waals surface area contributed by atoms with Crippen LogP contribution in [0, 0.1) is 23.7 Å². The molecule has 0 aromatic carbocycles. The summed E-state index contributed by atoms with van der Waals surface area (Å²) in [6.45, 7) is 9.44. The Kier molecular flexibility index (Phi) is 4.28. The topological polar surface area (TPSA) is 0 Å². The van der Waals surface area contributed by atoms with Gasteiger partial charge in [0.1, 0.15) is 0 Å². The minimum Gasteiger partial charge on any atom is -0.0651 e. The molecule has 0 amide bonds. The van der Waals surface area contributed by atoms with Crippen LogP contribution in [-0.4, -0.2) is 0 Å². The van der Waals surface area contributed by atoms with Crippen molar-refractivity contribution in [3.8, 4) is 0 Å². The van der Waals surface area contributed by atoms with Crippen molar-refractivity contribution < 1.29 is 0 Å². The third-order valence-corrected chi connectivity index (χ3v) is 3.98. The van der Waals surface area contributed by atoms with Gasteiger partial charge in [0.15, 0.2) is 0 Å². The van der Waals surface area contributed by atoms with Gasteiger partial charge in [-0.1, -0.05) is 47.0 Å². The van der Waals surface area contributed by atoms with Crippen molar-refractivity contribution in [2.45, 2.75) is 59.8 Å². The SMILES string of the molecule is CCC(C)CCC1CC(C(C)C)C1. The summed E-state index contributed by atoms with van der Waals surface area (Å²) in [5.41, 5.74) is 0. The Labute approximate surface area is 84.1 Å². The van der Waals surface area contributed by atoms with E-state index in [1.807, 2.05) is 0 Å². The van der Waals surface area contributed by atoms with Crippen molar-refractivity contribution in [1.29, 1.82) is 0 Å². The average molecular weight is 182 g/mol. The summed E-state index contributed by atoms with van der Waals surface area (Å²) in [5, 5.41) is 0. The van der Waals surface area contributed by atoms with Gasteiger partial charge in [0.2, 0.25) is 0 Å². The standard InChI is InChI=1S/C13H26/c1-5-11(4)6-7-12-8-13(9-12)10(2)3/h10-13H,5-9H2,1-4H3. The normalized spacial score (nSPS) is 30.2. The number of hydrogen-bond acceptors (Lipinski definition) is 0. The zero-order valence-electron chi connectivity index (χ0n) is 9.84. The van der Waals surface area contributed by atoms with Gasteiger partial charge >= 0.3 is 0 Å². The highest BCUT2D eigenvalue weighted by Crippen LogP contribution is 2.41. The van der Waals surface area contributed by atoms with E-state index in [2.05, 4.69) is 27.7 Å². The molecule has 0 nitrogen and oxygen atoms in total. The molecule has 0 bridgehead atoms. The van der Waals surface area contributed by atoms with Crippen molar-refractivity contribution in [1.82, 2.24) is 0 Å². The van der Waals surface area contributed by atoms with E-state index < -0.39 is 0 Å². The Bertz CT molecular complexity index is 131. The monoisotopic (exact) mass is 182 g/mol. The summed E-state index contributed by atoms with van der Waals surface area (Å²) in [7, 11) is 0. The van der Waals surface area contributed by atoms with Crippen LogP contribution >= 0.6 is 0 Å². The van der Waals surface area contributed by atoms with Crippen LogP contribution in [0.25, 0.3) is 0 Å². The quantitative estimate of drug-likeness (QED) is 0.587. The highest BCUT2D eigenvalue weighted by molar-refractivity contribution is 4.81. The first-order valence-corrected chi connectivity index (χ1v) is 6.13. The highest BCUT2D eigenvalue weighted by Gasteiger charge is 2.30. The molecule has 1 aliphatic carbocycles. The number of hydrogen-bond donors (Lipinski definition) is 0. The third-order valence-electron chi connectivity index (χ3n) is 3.98. The van der Waals surface area contributed by atoms with E-state index in [0.717, 1.165) is 23.7 Å². The molecule has 1 unspecified atom stereocenters. The molecule has 1 fully saturated rings. The Balaban J connectivity index is 2.02. The molecule has 0 aromatic heterocycles. The molecule has 1 aliphatic rings. The van der Waals surface area contributed by atoms with E-state index in [0.29, 0.717) is 0 Å². The second kappa shape index (κ2) is 5.02. The zero-order valence-corrected chi connectivity index (χ0v) is 9.84. The fourth-order valence-corrected chi connectivity index (χ4v) is 2.29. The fraction of sp³-hybridized carbons (Fsp3) is 1.00. The summed E-state index contributed by atoms with van der Waals surface area (Å²) < 4.78 is 0. The summed E-state index contributed by atoms with van der Waals surface area (Å²) in [6, 6.07) is 0. The van der Waals surface area contributed by atoms with Crippen LogP contribution in [0.2, 0.25) is 0 Å². The second-order valence-electron chi connectivity index (χ2n) is 5.43. The van der Waals surface area contributed by atoms with Crippen LogP contribution in [0.3, 0.4) is 0 Å². The maximum Gasteiger partial charge on any atom is -0.0386 e. The third kappa shape index (κ3) is 3.32. The largest absolute Gasteiger partial charge is 0.0651 e. The smallest absolute Gasteiger partial charge is 0.0386 e. The molecule has 78 valence electrons. The lowest BCUT2D eigenvalue weighted by molar-refractivity contribution is 0.127. The van der Waals surface area contributed by atoms with E-state index in [1.54, 1.807) is 0 Å². The first-order chi connectivity index (χ1) is 6.13. The van der Waals surface area contributed by atoms with Gasteiger partial charge in [-0.15, -0.1) is 0 Å². The maximum atomic E-state index is 2.39. The van der Waals surface area contributed by atoms with Gasteiger partial charge in [0.25, 0.3) is 0 Å². The van der Waals surface area contributed by atoms with Crippen LogP contribution in [0.5, 0.6) is 0 Å². The Morgan fingerprint density at radius 1 is 1.15 bits per heavy atom. The molecule has 0 saturated heterocycles. The summed E-state index contributed by atoms with van der Waals surface area (Å²) in [5.74, 6) is 4.03. The molecular weight excluding hydrogens is 156 g/mol. The van der Waals surface area contributed by atoms with Gasteiger partial charge in [-0.25, -0.2) is 0 Å². The first-order valence-electron chi connectivity index (χ1n) is 6.13. The Morgan fingerprint density at radius 3 is 2.23 bits per heavy atom. The molecule has 1 atom stereocenters. The predicted octanol–water partition coefficient (Wildman–Crippen LogP) is 4.49. The summed E-state index contributed by atoms with van der Waals surface area (Å²) in [4.78, 5) is 0. The molecule has 1 saturated carbocycles. The van der Waals surface area contributed by atoms with Gasteiger partial charge < -0.3 is 0 Å². The summed E-state index contributed by atoms with van der Waals surface area (Å²) in [6.07, 6.45) is 7.37. The maximum absolute atomic E-state index is 2.39. The molecule has 0 heteroatoms. The fourth-order valence-electron chi connectivity index (χ4n) is 2.29. The minimum absolute atomic E-state index is 0.930. The highest BCUT2D eigenvalue weighted by atomic mass is 14.4. The number of rotatable bonds is 5. The molecule has 0 aromatic rings. The molecule has 0 N–H and O–H groups in total. The average Bonchev–Trinajstić information content (AvgIpc) is 2.00.